The number of nitrogens with zero attached hydrogens (tertiary/aromatic N) is 3. The molecular weight excluding hydrogens is 517 g/mol. The molecule has 3 amide bonds. The molecule has 3 fully saturated rings. The van der Waals surface area contributed by atoms with Crippen LogP contribution in [0.5, 0.6) is 5.75 Å². The van der Waals surface area contributed by atoms with Gasteiger partial charge in [-0.15, -0.1) is 0 Å². The Balaban J connectivity index is 1.29. The Morgan fingerprint density at radius 3 is 2.45 bits per heavy atom. The van der Waals surface area contributed by atoms with Crippen LogP contribution in [-0.4, -0.2) is 49.9 Å². The highest BCUT2D eigenvalue weighted by atomic mass is 19.1. The molecule has 1 aromatic heterocycles. The number of halogens is 1. The third-order valence-electron chi connectivity index (χ3n) is 9.21. The van der Waals surface area contributed by atoms with E-state index in [4.69, 9.17) is 0 Å². The molecule has 3 aliphatic heterocycles. The van der Waals surface area contributed by atoms with Gasteiger partial charge in [-0.3, -0.25) is 23.7 Å². The van der Waals surface area contributed by atoms with E-state index in [2.05, 4.69) is 15.6 Å². The Kier molecular flexibility index (Phi) is 6.83. The average molecular weight is 552 g/mol. The van der Waals surface area contributed by atoms with Crippen LogP contribution in [0, 0.1) is 17.7 Å². The molecule has 1 aromatic carbocycles. The second-order valence-electron chi connectivity index (χ2n) is 11.7. The normalized spacial score (nSPS) is 25.6. The summed E-state index contributed by atoms with van der Waals surface area (Å²) >= 11 is 0. The Morgan fingerprint density at radius 1 is 1.05 bits per heavy atom. The molecule has 1 saturated heterocycles. The molecule has 5 aliphatic rings. The minimum absolute atomic E-state index is 0.000178. The van der Waals surface area contributed by atoms with Gasteiger partial charge in [0.1, 0.15) is 17.7 Å². The maximum Gasteiger partial charge on any atom is 0.296 e. The van der Waals surface area contributed by atoms with Crippen LogP contribution in [0.25, 0.3) is 0 Å². The van der Waals surface area contributed by atoms with Gasteiger partial charge in [0.15, 0.2) is 5.69 Å². The van der Waals surface area contributed by atoms with Crippen molar-refractivity contribution in [3.63, 3.8) is 0 Å². The van der Waals surface area contributed by atoms with Crippen molar-refractivity contribution in [3.8, 4) is 5.75 Å². The summed E-state index contributed by atoms with van der Waals surface area (Å²) in [4.78, 5) is 59.5. The Morgan fingerprint density at radius 2 is 1.77 bits per heavy atom. The zero-order chi connectivity index (χ0) is 28.0. The van der Waals surface area contributed by atoms with Crippen molar-refractivity contribution >= 4 is 17.7 Å². The second-order valence-corrected chi connectivity index (χ2v) is 11.7. The molecule has 10 nitrogen and oxygen atoms in total. The summed E-state index contributed by atoms with van der Waals surface area (Å²) in [7, 11) is 0. The van der Waals surface area contributed by atoms with Crippen molar-refractivity contribution in [2.24, 2.45) is 11.8 Å². The molecule has 2 bridgehead atoms. The molecule has 212 valence electrons. The molecule has 1 atom stereocenters. The number of fused-ring (bicyclic) bond motifs is 2. The summed E-state index contributed by atoms with van der Waals surface area (Å²) in [6.45, 7) is 0.956. The van der Waals surface area contributed by atoms with Crippen LogP contribution in [0.15, 0.2) is 29.1 Å². The molecular formula is C29H34FN5O5. The van der Waals surface area contributed by atoms with Gasteiger partial charge in [0.25, 0.3) is 11.5 Å². The SMILES string of the molecule is O=C(NCc1ccc(F)cc1)c1nc2n(c(=O)c1O)CC1CCC2(NC(=O)C2CCCN2C(=O)C2CCC2)CC1. The van der Waals surface area contributed by atoms with E-state index in [-0.39, 0.29) is 36.0 Å². The van der Waals surface area contributed by atoms with Gasteiger partial charge in [0.2, 0.25) is 17.6 Å². The highest BCUT2D eigenvalue weighted by Gasteiger charge is 2.48. The first-order valence-corrected chi connectivity index (χ1v) is 14.3. The zero-order valence-electron chi connectivity index (χ0n) is 22.3. The van der Waals surface area contributed by atoms with Gasteiger partial charge in [-0.05, 0) is 75.0 Å². The summed E-state index contributed by atoms with van der Waals surface area (Å²) < 4.78 is 14.6. The lowest BCUT2D eigenvalue weighted by Gasteiger charge is -2.39. The molecule has 2 aromatic rings. The number of benzene rings is 1. The number of hydrogen-bond donors (Lipinski definition) is 3. The number of carbonyl (C=O) groups is 3. The zero-order valence-corrected chi connectivity index (χ0v) is 22.3. The number of rotatable bonds is 6. The van der Waals surface area contributed by atoms with Crippen molar-refractivity contribution in [2.75, 3.05) is 6.54 Å². The number of carbonyl (C=O) groups excluding carboxylic acids is 3. The molecule has 7 rings (SSSR count). The summed E-state index contributed by atoms with van der Waals surface area (Å²) in [5.41, 5.74) is -1.47. The molecule has 40 heavy (non-hydrogen) atoms. The van der Waals surface area contributed by atoms with Crippen LogP contribution in [0.1, 0.15) is 79.7 Å². The van der Waals surface area contributed by atoms with E-state index in [0.29, 0.717) is 37.9 Å². The van der Waals surface area contributed by atoms with Crippen LogP contribution in [-0.2, 0) is 28.2 Å². The third-order valence-corrected chi connectivity index (χ3v) is 9.21. The third kappa shape index (κ3) is 4.65. The smallest absolute Gasteiger partial charge is 0.296 e. The largest absolute Gasteiger partial charge is 0.501 e. The minimum Gasteiger partial charge on any atom is -0.501 e. The summed E-state index contributed by atoms with van der Waals surface area (Å²) in [5, 5.41) is 16.6. The Hall–Kier alpha value is -3.76. The van der Waals surface area contributed by atoms with Crippen molar-refractivity contribution in [1.29, 1.82) is 0 Å². The van der Waals surface area contributed by atoms with E-state index < -0.39 is 40.3 Å². The molecule has 0 radical (unpaired) electrons. The molecule has 2 aliphatic carbocycles. The van der Waals surface area contributed by atoms with Crippen molar-refractivity contribution in [1.82, 2.24) is 25.1 Å². The van der Waals surface area contributed by atoms with E-state index in [9.17, 15) is 28.7 Å². The number of amides is 3. The van der Waals surface area contributed by atoms with Gasteiger partial charge >= 0.3 is 0 Å². The Bertz CT molecular complexity index is 1390. The first-order valence-electron chi connectivity index (χ1n) is 14.3. The topological polar surface area (TPSA) is 134 Å². The lowest BCUT2D eigenvalue weighted by molar-refractivity contribution is -0.144. The number of nitrogens with one attached hydrogen (secondary N) is 2. The molecule has 2 saturated carbocycles. The van der Waals surface area contributed by atoms with Crippen molar-refractivity contribution in [2.45, 2.75) is 82.5 Å². The summed E-state index contributed by atoms with van der Waals surface area (Å²) in [5.74, 6) is -1.64. The first-order chi connectivity index (χ1) is 19.3. The van der Waals surface area contributed by atoms with Gasteiger partial charge in [0.05, 0.1) is 5.54 Å². The van der Waals surface area contributed by atoms with Crippen LogP contribution >= 0.6 is 0 Å². The quantitative estimate of drug-likeness (QED) is 0.505. The summed E-state index contributed by atoms with van der Waals surface area (Å²) in [6.07, 6.45) is 6.70. The first kappa shape index (κ1) is 26.5. The fraction of sp³-hybridized carbons (Fsp3) is 0.552. The van der Waals surface area contributed by atoms with Gasteiger partial charge in [-0.25, -0.2) is 9.37 Å². The van der Waals surface area contributed by atoms with E-state index in [1.54, 1.807) is 4.90 Å². The maximum atomic E-state index is 13.7. The van der Waals surface area contributed by atoms with E-state index in [1.165, 1.54) is 28.8 Å². The van der Waals surface area contributed by atoms with Gasteiger partial charge in [-0.2, -0.15) is 0 Å². The minimum atomic E-state index is -0.989. The van der Waals surface area contributed by atoms with Gasteiger partial charge < -0.3 is 20.6 Å². The van der Waals surface area contributed by atoms with E-state index >= 15 is 0 Å². The average Bonchev–Trinajstić information content (AvgIpc) is 3.30. The monoisotopic (exact) mass is 551 g/mol. The summed E-state index contributed by atoms with van der Waals surface area (Å²) in [6, 6.07) is 5.04. The number of hydrogen-bond acceptors (Lipinski definition) is 6. The molecule has 1 unspecified atom stereocenters. The molecule has 3 N–H and O–H groups in total. The van der Waals surface area contributed by atoms with Gasteiger partial charge in [-0.1, -0.05) is 18.6 Å². The predicted molar refractivity (Wildman–Crippen MR) is 142 cm³/mol. The lowest BCUT2D eigenvalue weighted by atomic mass is 9.77. The molecule has 11 heteroatoms. The number of aromatic hydroxyl groups is 1. The van der Waals surface area contributed by atoms with Crippen LogP contribution in [0.2, 0.25) is 0 Å². The van der Waals surface area contributed by atoms with Crippen molar-refractivity contribution in [3.05, 3.63) is 57.5 Å². The van der Waals surface area contributed by atoms with E-state index in [0.717, 1.165) is 38.5 Å². The number of likely N-dealkylation sites (tertiary alicyclic amines) is 1. The van der Waals surface area contributed by atoms with Gasteiger partial charge in [0, 0.05) is 25.6 Å². The second kappa shape index (κ2) is 10.3. The predicted octanol–water partition coefficient (Wildman–Crippen LogP) is 2.32. The van der Waals surface area contributed by atoms with Crippen LogP contribution < -0.4 is 16.2 Å². The van der Waals surface area contributed by atoms with Crippen LogP contribution in [0.4, 0.5) is 4.39 Å². The van der Waals surface area contributed by atoms with Crippen molar-refractivity contribution < 1.29 is 23.9 Å². The molecule has 4 heterocycles. The fourth-order valence-electron chi connectivity index (χ4n) is 6.63. The maximum absolute atomic E-state index is 13.7. The number of aromatic nitrogens is 2. The van der Waals surface area contributed by atoms with E-state index in [1.807, 2.05) is 0 Å². The highest BCUT2D eigenvalue weighted by molar-refractivity contribution is 5.94. The van der Waals surface area contributed by atoms with Crippen LogP contribution in [0.3, 0.4) is 0 Å². The fourth-order valence-corrected chi connectivity index (χ4v) is 6.63. The standard InChI is InChI=1S/C29H34FN5O5/c30-20-8-6-17(7-9-20)15-31-25(38)22-23(36)27(40)35-16-18-10-12-29(13-11-18,28(35)32-22)33-24(37)21-5-2-14-34(21)26(39)19-3-1-4-19/h6-9,18-19,21,36H,1-5,10-16H2,(H,31,38)(H,33,37). The lowest BCUT2D eigenvalue weighted by Crippen LogP contribution is -2.56. The molecule has 0 spiro atoms. The Labute approximate surface area is 231 Å². The highest BCUT2D eigenvalue weighted by Crippen LogP contribution is 2.43.